The zero-order valence-electron chi connectivity index (χ0n) is 11.3. The molecule has 1 saturated heterocycles. The molecule has 0 aliphatic carbocycles. The minimum atomic E-state index is -0.0753. The van der Waals surface area contributed by atoms with Crippen LogP contribution in [0.2, 0.25) is 0 Å². The van der Waals surface area contributed by atoms with Gasteiger partial charge in [-0.05, 0) is 19.9 Å². The molecule has 3 N–H and O–H groups in total. The lowest BCUT2D eigenvalue weighted by molar-refractivity contribution is -0.126. The molecular formula is C12H25N3OS. The number of nitrogens with zero attached hydrogens (tertiary/aromatic N) is 1. The molecule has 1 rings (SSSR count). The highest BCUT2D eigenvalue weighted by atomic mass is 32.2. The second-order valence-electron chi connectivity index (χ2n) is 5.43. The number of thioether (sulfide) groups is 1. The van der Waals surface area contributed by atoms with E-state index in [-0.39, 0.29) is 17.9 Å². The molecule has 2 unspecified atom stereocenters. The number of hydrazine groups is 1. The highest BCUT2D eigenvalue weighted by molar-refractivity contribution is 8.00. The average molecular weight is 259 g/mol. The highest BCUT2D eigenvalue weighted by Gasteiger charge is 2.29. The van der Waals surface area contributed by atoms with Crippen molar-refractivity contribution in [2.75, 3.05) is 18.8 Å². The van der Waals surface area contributed by atoms with E-state index in [0.29, 0.717) is 4.75 Å². The molecule has 0 spiro atoms. The third kappa shape index (κ3) is 4.16. The molecule has 4 nitrogen and oxygen atoms in total. The third-order valence-electron chi connectivity index (χ3n) is 3.73. The van der Waals surface area contributed by atoms with E-state index < -0.39 is 0 Å². The van der Waals surface area contributed by atoms with Crippen LogP contribution >= 0.6 is 11.8 Å². The number of rotatable bonds is 3. The Morgan fingerprint density at radius 2 is 2.06 bits per heavy atom. The van der Waals surface area contributed by atoms with Crippen LogP contribution in [0.4, 0.5) is 0 Å². The molecule has 0 aromatic heterocycles. The molecule has 1 amide bonds. The van der Waals surface area contributed by atoms with Gasteiger partial charge in [0.1, 0.15) is 0 Å². The first-order valence-corrected chi connectivity index (χ1v) is 7.24. The Balaban J connectivity index is 2.58. The summed E-state index contributed by atoms with van der Waals surface area (Å²) in [4.78, 5) is 13.9. The van der Waals surface area contributed by atoms with Crippen molar-refractivity contribution in [3.8, 4) is 0 Å². The topological polar surface area (TPSA) is 58.4 Å². The van der Waals surface area contributed by atoms with Gasteiger partial charge in [-0.1, -0.05) is 20.8 Å². The Kier molecular flexibility index (Phi) is 5.28. The van der Waals surface area contributed by atoms with Gasteiger partial charge in [-0.3, -0.25) is 15.1 Å². The Morgan fingerprint density at radius 3 is 2.65 bits per heavy atom. The maximum absolute atomic E-state index is 11.5. The van der Waals surface area contributed by atoms with Crippen LogP contribution in [0.5, 0.6) is 0 Å². The number of carbonyl (C=O) groups is 1. The van der Waals surface area contributed by atoms with Gasteiger partial charge in [-0.15, -0.1) is 0 Å². The molecule has 17 heavy (non-hydrogen) atoms. The lowest BCUT2D eigenvalue weighted by Crippen LogP contribution is -2.46. The van der Waals surface area contributed by atoms with E-state index in [1.54, 1.807) is 0 Å². The molecule has 0 saturated carbocycles. The van der Waals surface area contributed by atoms with Gasteiger partial charge in [0.05, 0.1) is 5.92 Å². The Hall–Kier alpha value is -0.260. The van der Waals surface area contributed by atoms with E-state index in [1.165, 1.54) is 6.42 Å². The van der Waals surface area contributed by atoms with Gasteiger partial charge in [-0.2, -0.15) is 11.8 Å². The van der Waals surface area contributed by atoms with Crippen LogP contribution in [-0.2, 0) is 4.79 Å². The predicted octanol–water partition coefficient (Wildman–Crippen LogP) is 1.22. The largest absolute Gasteiger partial charge is 0.299 e. The third-order valence-corrected chi connectivity index (χ3v) is 5.10. The lowest BCUT2D eigenvalue weighted by atomic mass is 10.00. The fourth-order valence-electron chi connectivity index (χ4n) is 2.11. The molecule has 2 atom stereocenters. The van der Waals surface area contributed by atoms with Crippen molar-refractivity contribution in [3.05, 3.63) is 0 Å². The minimum absolute atomic E-state index is 0.0637. The van der Waals surface area contributed by atoms with Gasteiger partial charge in [0, 0.05) is 23.1 Å². The minimum Gasteiger partial charge on any atom is -0.299 e. The molecule has 1 aliphatic rings. The van der Waals surface area contributed by atoms with Gasteiger partial charge in [0.2, 0.25) is 5.91 Å². The Bertz CT molecular complexity index is 270. The SMILES string of the molecule is CC(C(=O)NN)C(C)N1CCSC(C)(C)CC1. The first kappa shape index (κ1) is 14.8. The molecule has 0 aromatic carbocycles. The van der Waals surface area contributed by atoms with Crippen molar-refractivity contribution in [2.24, 2.45) is 11.8 Å². The van der Waals surface area contributed by atoms with Crippen LogP contribution < -0.4 is 11.3 Å². The monoisotopic (exact) mass is 259 g/mol. The van der Waals surface area contributed by atoms with Crippen molar-refractivity contribution < 1.29 is 4.79 Å². The normalized spacial score (nSPS) is 24.8. The predicted molar refractivity (Wildman–Crippen MR) is 73.7 cm³/mol. The first-order valence-electron chi connectivity index (χ1n) is 6.26. The molecule has 100 valence electrons. The van der Waals surface area contributed by atoms with E-state index in [1.807, 2.05) is 18.7 Å². The standard InChI is InChI=1S/C12H25N3OS/c1-9(11(16)14-13)10(2)15-6-5-12(3,4)17-8-7-15/h9-10H,5-8,13H2,1-4H3,(H,14,16). The summed E-state index contributed by atoms with van der Waals surface area (Å²) in [6.07, 6.45) is 1.17. The molecule has 0 radical (unpaired) electrons. The van der Waals surface area contributed by atoms with Crippen LogP contribution in [0.15, 0.2) is 0 Å². The number of amides is 1. The summed E-state index contributed by atoms with van der Waals surface area (Å²) >= 11 is 2.02. The maximum Gasteiger partial charge on any atom is 0.238 e. The van der Waals surface area contributed by atoms with Crippen LogP contribution in [0.3, 0.4) is 0 Å². The summed E-state index contributed by atoms with van der Waals surface area (Å²) < 4.78 is 0.355. The molecule has 0 bridgehead atoms. The van der Waals surface area contributed by atoms with Crippen LogP contribution in [0.1, 0.15) is 34.1 Å². The van der Waals surface area contributed by atoms with E-state index in [9.17, 15) is 4.79 Å². The quantitative estimate of drug-likeness (QED) is 0.454. The highest BCUT2D eigenvalue weighted by Crippen LogP contribution is 2.31. The molecule has 0 aromatic rings. The van der Waals surface area contributed by atoms with Gasteiger partial charge >= 0.3 is 0 Å². The molecule has 1 fully saturated rings. The lowest BCUT2D eigenvalue weighted by Gasteiger charge is -2.31. The Labute approximate surface area is 109 Å². The van der Waals surface area contributed by atoms with Crippen LogP contribution in [0.25, 0.3) is 0 Å². The summed E-state index contributed by atoms with van der Waals surface area (Å²) in [5.41, 5.74) is 2.25. The van der Waals surface area contributed by atoms with Crippen molar-refractivity contribution in [1.29, 1.82) is 0 Å². The number of hydrogen-bond donors (Lipinski definition) is 2. The van der Waals surface area contributed by atoms with Crippen molar-refractivity contribution in [2.45, 2.75) is 44.9 Å². The first-order chi connectivity index (χ1) is 7.87. The summed E-state index contributed by atoms with van der Waals surface area (Å²) in [5, 5.41) is 0. The maximum atomic E-state index is 11.5. The van der Waals surface area contributed by atoms with Crippen LogP contribution in [0, 0.1) is 5.92 Å². The number of nitrogens with two attached hydrogens (primary N) is 1. The molecule has 5 heteroatoms. The van der Waals surface area contributed by atoms with Gasteiger partial charge < -0.3 is 0 Å². The van der Waals surface area contributed by atoms with E-state index in [2.05, 4.69) is 31.1 Å². The van der Waals surface area contributed by atoms with E-state index >= 15 is 0 Å². The van der Waals surface area contributed by atoms with Gasteiger partial charge in [0.15, 0.2) is 0 Å². The van der Waals surface area contributed by atoms with Crippen LogP contribution in [-0.4, -0.2) is 40.4 Å². The summed E-state index contributed by atoms with van der Waals surface area (Å²) in [6, 6.07) is 0.244. The molecule has 1 heterocycles. The second kappa shape index (κ2) is 6.07. The number of hydrogen-bond acceptors (Lipinski definition) is 4. The zero-order valence-corrected chi connectivity index (χ0v) is 12.1. The number of nitrogens with one attached hydrogen (secondary N) is 1. The van der Waals surface area contributed by atoms with Crippen molar-refractivity contribution in [1.82, 2.24) is 10.3 Å². The second-order valence-corrected chi connectivity index (χ2v) is 7.23. The average Bonchev–Trinajstić information content (AvgIpc) is 2.47. The fourth-order valence-corrected chi connectivity index (χ4v) is 3.22. The smallest absolute Gasteiger partial charge is 0.238 e. The summed E-state index contributed by atoms with van der Waals surface area (Å²) in [6.45, 7) is 10.8. The molecular weight excluding hydrogens is 234 g/mol. The summed E-state index contributed by atoms with van der Waals surface area (Å²) in [5.74, 6) is 6.19. The number of carbonyl (C=O) groups excluding carboxylic acids is 1. The molecule has 1 aliphatic heterocycles. The summed E-state index contributed by atoms with van der Waals surface area (Å²) in [7, 11) is 0. The Morgan fingerprint density at radius 1 is 1.41 bits per heavy atom. The van der Waals surface area contributed by atoms with E-state index in [0.717, 1.165) is 18.8 Å². The van der Waals surface area contributed by atoms with Gasteiger partial charge in [0.25, 0.3) is 0 Å². The fraction of sp³-hybridized carbons (Fsp3) is 0.917. The zero-order chi connectivity index (χ0) is 13.1. The van der Waals surface area contributed by atoms with E-state index in [4.69, 9.17) is 5.84 Å². The van der Waals surface area contributed by atoms with Crippen molar-refractivity contribution >= 4 is 17.7 Å². The van der Waals surface area contributed by atoms with Crippen molar-refractivity contribution in [3.63, 3.8) is 0 Å². The van der Waals surface area contributed by atoms with Gasteiger partial charge in [-0.25, -0.2) is 5.84 Å².